The number of β-amino-alcohol motifs (C(OH)–C–C–N with tert-alkyl or cyclic N) is 1. The van der Waals surface area contributed by atoms with Crippen LogP contribution < -0.4 is 14.9 Å². The van der Waals surface area contributed by atoms with Gasteiger partial charge in [0.1, 0.15) is 35.6 Å². The van der Waals surface area contributed by atoms with Crippen LogP contribution in [0.15, 0.2) is 51.7 Å². The van der Waals surface area contributed by atoms with Gasteiger partial charge in [-0.25, -0.2) is 0 Å². The number of halogens is 1. The maximum atomic E-state index is 13.0. The second kappa shape index (κ2) is 11.8. The molecule has 192 valence electrons. The van der Waals surface area contributed by atoms with Gasteiger partial charge in [0.05, 0.1) is 17.9 Å². The Labute approximate surface area is 214 Å². The molecule has 0 radical (unpaired) electrons. The number of benzene rings is 2. The third kappa shape index (κ3) is 6.37. The average Bonchev–Trinajstić information content (AvgIpc) is 2.87. The van der Waals surface area contributed by atoms with Crippen LogP contribution in [-0.4, -0.2) is 54.9 Å². The van der Waals surface area contributed by atoms with Crippen LogP contribution in [0.25, 0.3) is 11.0 Å². The van der Waals surface area contributed by atoms with Crippen molar-refractivity contribution in [2.45, 2.75) is 32.8 Å². The van der Waals surface area contributed by atoms with Gasteiger partial charge in [0.25, 0.3) is 0 Å². The SMILES string of the molecule is CCOC(=O)C1CCN(C[C@@H](O)COc2ccc3c(=O)c(Oc4ccc(Cl)cc4)c(C)oc3c2)CC1. The first-order valence-corrected chi connectivity index (χ1v) is 12.4. The van der Waals surface area contributed by atoms with Gasteiger partial charge in [0.2, 0.25) is 11.2 Å². The third-order valence-corrected chi connectivity index (χ3v) is 6.39. The van der Waals surface area contributed by atoms with E-state index < -0.39 is 6.10 Å². The number of nitrogens with zero attached hydrogens (tertiary/aromatic N) is 1. The Morgan fingerprint density at radius 3 is 2.56 bits per heavy atom. The van der Waals surface area contributed by atoms with Gasteiger partial charge in [-0.05, 0) is 76.2 Å². The molecule has 0 amide bonds. The molecule has 8 nitrogen and oxygen atoms in total. The molecule has 4 rings (SSSR count). The second-order valence-corrected chi connectivity index (χ2v) is 9.26. The van der Waals surface area contributed by atoms with Crippen LogP contribution in [0.5, 0.6) is 17.2 Å². The Hall–Kier alpha value is -3.07. The Kier molecular flexibility index (Phi) is 8.51. The van der Waals surface area contributed by atoms with Crippen LogP contribution in [0.3, 0.4) is 0 Å². The highest BCUT2D eigenvalue weighted by Gasteiger charge is 2.27. The number of esters is 1. The molecule has 9 heteroatoms. The molecule has 2 heterocycles. The number of aliphatic hydroxyl groups is 1. The Morgan fingerprint density at radius 1 is 1.17 bits per heavy atom. The van der Waals surface area contributed by atoms with E-state index in [4.69, 9.17) is 30.2 Å². The van der Waals surface area contributed by atoms with Crippen molar-refractivity contribution in [3.05, 3.63) is 63.5 Å². The summed E-state index contributed by atoms with van der Waals surface area (Å²) in [5, 5.41) is 11.4. The predicted octanol–water partition coefficient (Wildman–Crippen LogP) is 4.56. The first kappa shape index (κ1) is 26.0. The standard InChI is InChI=1S/C27H30ClNO7/c1-3-33-27(32)18-10-12-29(13-11-18)15-20(30)16-34-22-8-9-23-24(14-22)35-17(2)26(25(23)31)36-21-6-4-19(28)5-7-21/h4-9,14,18,20,30H,3,10-13,15-16H2,1-2H3/t20-/m1/s1. The molecule has 2 aromatic carbocycles. The summed E-state index contributed by atoms with van der Waals surface area (Å²) in [4.78, 5) is 27.0. The van der Waals surface area contributed by atoms with Crippen LogP contribution in [0, 0.1) is 12.8 Å². The number of hydrogen-bond acceptors (Lipinski definition) is 8. The van der Waals surface area contributed by atoms with Gasteiger partial charge in [0, 0.05) is 17.6 Å². The van der Waals surface area contributed by atoms with Gasteiger partial charge in [-0.15, -0.1) is 0 Å². The summed E-state index contributed by atoms with van der Waals surface area (Å²) in [7, 11) is 0. The van der Waals surface area contributed by atoms with E-state index in [9.17, 15) is 14.7 Å². The van der Waals surface area contributed by atoms with Crippen molar-refractivity contribution in [1.29, 1.82) is 0 Å². The normalized spacial score (nSPS) is 15.6. The quantitative estimate of drug-likeness (QED) is 0.414. The topological polar surface area (TPSA) is 98.4 Å². The van der Waals surface area contributed by atoms with Crippen LogP contribution in [0.4, 0.5) is 0 Å². The molecule has 1 atom stereocenters. The molecule has 1 fully saturated rings. The predicted molar refractivity (Wildman–Crippen MR) is 136 cm³/mol. The summed E-state index contributed by atoms with van der Waals surface area (Å²) in [5.74, 6) is 1.21. The highest BCUT2D eigenvalue weighted by Crippen LogP contribution is 2.28. The van der Waals surface area contributed by atoms with Crippen LogP contribution in [-0.2, 0) is 9.53 Å². The highest BCUT2D eigenvalue weighted by molar-refractivity contribution is 6.30. The lowest BCUT2D eigenvalue weighted by Gasteiger charge is -2.32. The van der Waals surface area contributed by atoms with Crippen LogP contribution in [0.1, 0.15) is 25.5 Å². The molecule has 1 aromatic heterocycles. The van der Waals surface area contributed by atoms with Gasteiger partial charge in [-0.3, -0.25) is 9.59 Å². The molecule has 1 N–H and O–H groups in total. The monoisotopic (exact) mass is 515 g/mol. The zero-order valence-electron chi connectivity index (χ0n) is 20.4. The Bertz CT molecular complexity index is 1250. The number of aryl methyl sites for hydroxylation is 1. The van der Waals surface area contributed by atoms with Gasteiger partial charge in [-0.2, -0.15) is 0 Å². The molecule has 0 saturated carbocycles. The van der Waals surface area contributed by atoms with Gasteiger partial charge < -0.3 is 28.6 Å². The van der Waals surface area contributed by atoms with Gasteiger partial charge in [0.15, 0.2) is 0 Å². The molecule has 0 aliphatic carbocycles. The molecule has 0 unspecified atom stereocenters. The summed E-state index contributed by atoms with van der Waals surface area (Å²) in [6, 6.07) is 11.6. The van der Waals surface area contributed by atoms with E-state index in [1.54, 1.807) is 49.4 Å². The van der Waals surface area contributed by atoms with Crippen molar-refractivity contribution in [2.75, 3.05) is 32.8 Å². The Balaban J connectivity index is 1.34. The number of rotatable bonds is 9. The first-order valence-electron chi connectivity index (χ1n) is 12.0. The number of piperidine rings is 1. The van der Waals surface area contributed by atoms with Gasteiger partial charge >= 0.3 is 5.97 Å². The maximum Gasteiger partial charge on any atom is 0.309 e. The van der Waals surface area contributed by atoms with Crippen LogP contribution in [0.2, 0.25) is 5.02 Å². The highest BCUT2D eigenvalue weighted by atomic mass is 35.5. The number of ether oxygens (including phenoxy) is 3. The van der Waals surface area contributed by atoms with E-state index in [1.807, 2.05) is 6.92 Å². The molecule has 1 aliphatic rings. The lowest BCUT2D eigenvalue weighted by Crippen LogP contribution is -2.42. The maximum absolute atomic E-state index is 13.0. The number of carbonyl (C=O) groups is 1. The number of likely N-dealkylation sites (tertiary alicyclic amines) is 1. The van der Waals surface area contributed by atoms with Crippen molar-refractivity contribution < 1.29 is 28.5 Å². The van der Waals surface area contributed by atoms with E-state index >= 15 is 0 Å². The zero-order valence-corrected chi connectivity index (χ0v) is 21.1. The smallest absolute Gasteiger partial charge is 0.309 e. The van der Waals surface area contributed by atoms with Gasteiger partial charge in [-0.1, -0.05) is 11.6 Å². The van der Waals surface area contributed by atoms with Crippen molar-refractivity contribution in [3.8, 4) is 17.2 Å². The largest absolute Gasteiger partial charge is 0.491 e. The van der Waals surface area contributed by atoms with E-state index in [-0.39, 0.29) is 29.7 Å². The first-order chi connectivity index (χ1) is 17.3. The van der Waals surface area contributed by atoms with Crippen molar-refractivity contribution in [2.24, 2.45) is 5.92 Å². The lowest BCUT2D eigenvalue weighted by atomic mass is 9.97. The second-order valence-electron chi connectivity index (χ2n) is 8.82. The number of fused-ring (bicyclic) bond motifs is 1. The molecule has 0 spiro atoms. The zero-order chi connectivity index (χ0) is 25.7. The average molecular weight is 516 g/mol. The van der Waals surface area contributed by atoms with Crippen molar-refractivity contribution in [3.63, 3.8) is 0 Å². The molecule has 1 saturated heterocycles. The van der Waals surface area contributed by atoms with Crippen LogP contribution >= 0.6 is 11.6 Å². The fourth-order valence-electron chi connectivity index (χ4n) is 4.25. The molecule has 0 bridgehead atoms. The lowest BCUT2D eigenvalue weighted by molar-refractivity contribution is -0.149. The molecular formula is C27H30ClNO7. The van der Waals surface area contributed by atoms with Crippen molar-refractivity contribution in [1.82, 2.24) is 4.90 Å². The minimum Gasteiger partial charge on any atom is -0.491 e. The fourth-order valence-corrected chi connectivity index (χ4v) is 4.38. The summed E-state index contributed by atoms with van der Waals surface area (Å²) in [6.45, 7) is 5.85. The minimum absolute atomic E-state index is 0.0672. The number of carbonyl (C=O) groups excluding carboxylic acids is 1. The van der Waals surface area contributed by atoms with E-state index in [0.717, 1.165) is 25.9 Å². The van der Waals surface area contributed by atoms with E-state index in [2.05, 4.69) is 4.90 Å². The summed E-state index contributed by atoms with van der Waals surface area (Å²) in [6.07, 6.45) is 0.738. The molecule has 36 heavy (non-hydrogen) atoms. The third-order valence-electron chi connectivity index (χ3n) is 6.14. The Morgan fingerprint density at radius 2 is 1.86 bits per heavy atom. The number of hydrogen-bond donors (Lipinski definition) is 1. The minimum atomic E-state index is -0.705. The summed E-state index contributed by atoms with van der Waals surface area (Å²) >= 11 is 5.91. The summed E-state index contributed by atoms with van der Waals surface area (Å²) in [5.41, 5.74) is 0.0792. The number of aliphatic hydroxyl groups excluding tert-OH is 1. The summed E-state index contributed by atoms with van der Waals surface area (Å²) < 4.78 is 22.5. The molecule has 1 aliphatic heterocycles. The van der Waals surface area contributed by atoms with E-state index in [1.165, 1.54) is 0 Å². The van der Waals surface area contributed by atoms with Crippen molar-refractivity contribution >= 4 is 28.5 Å². The molecular weight excluding hydrogens is 486 g/mol. The fraction of sp³-hybridized carbons (Fsp3) is 0.407. The molecule has 3 aromatic rings. The van der Waals surface area contributed by atoms with E-state index in [0.29, 0.717) is 46.4 Å².